The molecule has 0 unspecified atom stereocenters. The molecule has 0 fully saturated rings. The fraction of sp³-hybridized carbons (Fsp3) is 0.167. The van der Waals surface area contributed by atoms with Crippen molar-refractivity contribution in [2.45, 2.75) is 0 Å². The second kappa shape index (κ2) is 4.18. The second-order valence-electron chi connectivity index (χ2n) is 3.25. The predicted octanol–water partition coefficient (Wildman–Crippen LogP) is 2.06. The van der Waals surface area contributed by atoms with Crippen LogP contribution in [0.5, 0.6) is 11.5 Å². The highest BCUT2D eigenvalue weighted by Gasteiger charge is 2.06. The molecule has 0 aliphatic rings. The molecule has 0 spiro atoms. The molecule has 4 nitrogen and oxygen atoms in total. The van der Waals surface area contributed by atoms with Gasteiger partial charge in [-0.05, 0) is 12.1 Å². The van der Waals surface area contributed by atoms with Gasteiger partial charge in [0.25, 0.3) is 0 Å². The van der Waals surface area contributed by atoms with E-state index in [-0.39, 0.29) is 0 Å². The second-order valence-corrected chi connectivity index (χ2v) is 3.25. The van der Waals surface area contributed by atoms with Gasteiger partial charge in [0.2, 0.25) is 0 Å². The van der Waals surface area contributed by atoms with Gasteiger partial charge in [0, 0.05) is 11.5 Å². The van der Waals surface area contributed by atoms with E-state index in [4.69, 9.17) is 9.47 Å². The fourth-order valence-electron chi connectivity index (χ4n) is 1.53. The Labute approximate surface area is 92.8 Å². The Morgan fingerprint density at radius 3 is 2.44 bits per heavy atom. The number of hydrogen-bond donors (Lipinski definition) is 0. The van der Waals surface area contributed by atoms with Gasteiger partial charge >= 0.3 is 0 Å². The molecule has 1 aromatic carbocycles. The smallest absolute Gasteiger partial charge is 0.168 e. The Morgan fingerprint density at radius 1 is 1.12 bits per heavy atom. The molecule has 0 radical (unpaired) electrons. The van der Waals surface area contributed by atoms with Crippen LogP contribution in [0.25, 0.3) is 10.9 Å². The van der Waals surface area contributed by atoms with Gasteiger partial charge in [-0.25, -0.2) is 4.98 Å². The molecule has 0 aliphatic carbocycles. The molecule has 0 N–H and O–H groups in total. The summed E-state index contributed by atoms with van der Waals surface area (Å²) in [5, 5.41) is 0.906. The lowest BCUT2D eigenvalue weighted by molar-refractivity contribution is 0.111. The number of aromatic nitrogens is 1. The quantitative estimate of drug-likeness (QED) is 0.738. The van der Waals surface area contributed by atoms with Gasteiger partial charge < -0.3 is 9.47 Å². The van der Waals surface area contributed by atoms with Gasteiger partial charge in [-0.3, -0.25) is 4.79 Å². The van der Waals surface area contributed by atoms with E-state index in [1.807, 2.05) is 12.1 Å². The van der Waals surface area contributed by atoms with E-state index < -0.39 is 0 Å². The van der Waals surface area contributed by atoms with Crippen molar-refractivity contribution in [3.63, 3.8) is 0 Å². The van der Waals surface area contributed by atoms with Crippen LogP contribution in [0.15, 0.2) is 24.3 Å². The number of carbonyl (C=O) groups excluding carboxylic acids is 1. The number of rotatable bonds is 3. The van der Waals surface area contributed by atoms with Gasteiger partial charge in [-0.15, -0.1) is 0 Å². The number of aldehydes is 1. The summed E-state index contributed by atoms with van der Waals surface area (Å²) in [5.41, 5.74) is 1.11. The summed E-state index contributed by atoms with van der Waals surface area (Å²) < 4.78 is 10.3. The maximum absolute atomic E-state index is 10.6. The Morgan fingerprint density at radius 2 is 1.81 bits per heavy atom. The van der Waals surface area contributed by atoms with Crippen molar-refractivity contribution in [2.75, 3.05) is 14.2 Å². The summed E-state index contributed by atoms with van der Waals surface area (Å²) in [6, 6.07) is 7.08. The Balaban J connectivity index is 2.68. The third kappa shape index (κ3) is 1.69. The minimum absolute atomic E-state index is 0.403. The topological polar surface area (TPSA) is 48.4 Å². The van der Waals surface area contributed by atoms with Crippen molar-refractivity contribution in [3.8, 4) is 11.5 Å². The molecular weight excluding hydrogens is 206 g/mol. The molecule has 82 valence electrons. The number of methoxy groups -OCH3 is 2. The molecule has 2 aromatic rings. The van der Waals surface area contributed by atoms with E-state index in [2.05, 4.69) is 4.98 Å². The van der Waals surface area contributed by atoms with E-state index in [1.165, 1.54) is 0 Å². The molecule has 0 amide bonds. The number of pyridine rings is 1. The largest absolute Gasteiger partial charge is 0.493 e. The first-order chi connectivity index (χ1) is 7.78. The highest BCUT2D eigenvalue weighted by molar-refractivity contribution is 5.86. The van der Waals surface area contributed by atoms with Crippen LogP contribution in [0, 0.1) is 0 Å². The summed E-state index contributed by atoms with van der Waals surface area (Å²) in [7, 11) is 3.14. The maximum atomic E-state index is 10.6. The monoisotopic (exact) mass is 217 g/mol. The highest BCUT2D eigenvalue weighted by Crippen LogP contribution is 2.31. The number of fused-ring (bicyclic) bond motifs is 1. The van der Waals surface area contributed by atoms with E-state index in [0.29, 0.717) is 22.7 Å². The van der Waals surface area contributed by atoms with Gasteiger partial charge in [-0.1, -0.05) is 6.07 Å². The Hall–Kier alpha value is -2.10. The Kier molecular flexibility index (Phi) is 2.72. The van der Waals surface area contributed by atoms with Crippen molar-refractivity contribution in [3.05, 3.63) is 30.0 Å². The molecule has 0 bridgehead atoms. The molecule has 0 saturated heterocycles. The molecule has 0 saturated carbocycles. The van der Waals surface area contributed by atoms with Crippen LogP contribution in [-0.4, -0.2) is 25.5 Å². The summed E-state index contributed by atoms with van der Waals surface area (Å²) in [4.78, 5) is 14.8. The number of benzene rings is 1. The Bertz CT molecular complexity index is 537. The molecule has 0 aliphatic heterocycles. The van der Waals surface area contributed by atoms with Gasteiger partial charge in [0.15, 0.2) is 17.8 Å². The zero-order chi connectivity index (χ0) is 11.5. The number of ether oxygens (including phenoxy) is 2. The lowest BCUT2D eigenvalue weighted by Gasteiger charge is -2.08. The summed E-state index contributed by atoms with van der Waals surface area (Å²) >= 11 is 0. The zero-order valence-electron chi connectivity index (χ0n) is 9.06. The van der Waals surface area contributed by atoms with E-state index >= 15 is 0 Å². The lowest BCUT2D eigenvalue weighted by Crippen LogP contribution is -1.93. The normalized spacial score (nSPS) is 10.1. The SMILES string of the molecule is COc1cc2ccc(C=O)nc2cc1OC. The van der Waals surface area contributed by atoms with Crippen molar-refractivity contribution in [1.82, 2.24) is 4.98 Å². The number of hydrogen-bond acceptors (Lipinski definition) is 4. The van der Waals surface area contributed by atoms with E-state index in [9.17, 15) is 4.79 Å². The van der Waals surface area contributed by atoms with Gasteiger partial charge in [-0.2, -0.15) is 0 Å². The fourth-order valence-corrected chi connectivity index (χ4v) is 1.53. The van der Waals surface area contributed by atoms with Gasteiger partial charge in [0.05, 0.1) is 19.7 Å². The average Bonchev–Trinajstić information content (AvgIpc) is 2.36. The zero-order valence-corrected chi connectivity index (χ0v) is 9.06. The molecule has 16 heavy (non-hydrogen) atoms. The van der Waals surface area contributed by atoms with Crippen molar-refractivity contribution >= 4 is 17.2 Å². The number of carbonyl (C=O) groups is 1. The van der Waals surface area contributed by atoms with E-state index in [1.54, 1.807) is 26.4 Å². The number of nitrogens with zero attached hydrogens (tertiary/aromatic N) is 1. The standard InChI is InChI=1S/C12H11NO3/c1-15-11-5-8-3-4-9(7-14)13-10(8)6-12(11)16-2/h3-7H,1-2H3. The van der Waals surface area contributed by atoms with Crippen LogP contribution in [0.1, 0.15) is 10.5 Å². The molecular formula is C12H11NO3. The van der Waals surface area contributed by atoms with Crippen LogP contribution in [0.2, 0.25) is 0 Å². The predicted molar refractivity (Wildman–Crippen MR) is 60.2 cm³/mol. The highest BCUT2D eigenvalue weighted by atomic mass is 16.5. The lowest BCUT2D eigenvalue weighted by atomic mass is 10.2. The first-order valence-corrected chi connectivity index (χ1v) is 4.76. The molecule has 4 heteroatoms. The summed E-state index contributed by atoms with van der Waals surface area (Å²) in [5.74, 6) is 1.25. The summed E-state index contributed by atoms with van der Waals surface area (Å²) in [6.45, 7) is 0. The van der Waals surface area contributed by atoms with Crippen LogP contribution in [0.3, 0.4) is 0 Å². The van der Waals surface area contributed by atoms with Gasteiger partial charge in [0.1, 0.15) is 5.69 Å². The molecule has 2 rings (SSSR count). The van der Waals surface area contributed by atoms with Crippen molar-refractivity contribution in [1.29, 1.82) is 0 Å². The van der Waals surface area contributed by atoms with Crippen molar-refractivity contribution < 1.29 is 14.3 Å². The van der Waals surface area contributed by atoms with E-state index in [0.717, 1.165) is 11.7 Å². The molecule has 1 aromatic heterocycles. The maximum Gasteiger partial charge on any atom is 0.168 e. The minimum Gasteiger partial charge on any atom is -0.493 e. The average molecular weight is 217 g/mol. The molecule has 0 atom stereocenters. The minimum atomic E-state index is 0.403. The first kappa shape index (κ1) is 10.4. The van der Waals surface area contributed by atoms with Crippen LogP contribution in [-0.2, 0) is 0 Å². The molecule has 1 heterocycles. The van der Waals surface area contributed by atoms with Crippen LogP contribution < -0.4 is 9.47 Å². The third-order valence-electron chi connectivity index (χ3n) is 2.34. The third-order valence-corrected chi connectivity index (χ3v) is 2.34. The first-order valence-electron chi connectivity index (χ1n) is 4.76. The van der Waals surface area contributed by atoms with Crippen LogP contribution in [0.4, 0.5) is 0 Å². The summed E-state index contributed by atoms with van der Waals surface area (Å²) in [6.07, 6.45) is 0.718. The van der Waals surface area contributed by atoms with Crippen molar-refractivity contribution in [2.24, 2.45) is 0 Å². The van der Waals surface area contributed by atoms with Crippen LogP contribution >= 0.6 is 0 Å².